The molecule has 30 heavy (non-hydrogen) atoms. The number of nitrogens with one attached hydrogen (secondary N) is 1. The van der Waals surface area contributed by atoms with E-state index in [2.05, 4.69) is 5.32 Å². The van der Waals surface area contributed by atoms with Crippen molar-refractivity contribution in [3.05, 3.63) is 81.3 Å². The number of fused-ring (bicyclic) bond motifs is 2. The Kier molecular flexibility index (Phi) is 4.93. The van der Waals surface area contributed by atoms with Crippen molar-refractivity contribution in [1.82, 2.24) is 10.3 Å². The van der Waals surface area contributed by atoms with Gasteiger partial charge in [0.1, 0.15) is 9.71 Å². The van der Waals surface area contributed by atoms with Crippen LogP contribution in [0.15, 0.2) is 54.6 Å². The van der Waals surface area contributed by atoms with Crippen molar-refractivity contribution in [2.45, 2.75) is 25.8 Å². The van der Waals surface area contributed by atoms with E-state index in [1.807, 2.05) is 54.6 Å². The predicted molar refractivity (Wildman–Crippen MR) is 124 cm³/mol. The van der Waals surface area contributed by atoms with Crippen LogP contribution in [0.5, 0.6) is 0 Å². The molecule has 2 aromatic heterocycles. The molecule has 2 aromatic carbocycles. The molecule has 0 atom stereocenters. The highest BCUT2D eigenvalue weighted by Gasteiger charge is 2.27. The molecule has 6 heteroatoms. The Morgan fingerprint density at radius 3 is 2.67 bits per heavy atom. The third kappa shape index (κ3) is 3.24. The van der Waals surface area contributed by atoms with Gasteiger partial charge in [0, 0.05) is 33.8 Å². The van der Waals surface area contributed by atoms with Gasteiger partial charge < -0.3 is 11.1 Å². The Morgan fingerprint density at radius 2 is 1.87 bits per heavy atom. The summed E-state index contributed by atoms with van der Waals surface area (Å²) in [5, 5.41) is 4.51. The van der Waals surface area contributed by atoms with Crippen LogP contribution in [0.3, 0.4) is 0 Å². The first kappa shape index (κ1) is 19.1. The summed E-state index contributed by atoms with van der Waals surface area (Å²) in [6, 6.07) is 17.6. The number of carbonyl (C=O) groups is 1. The molecule has 1 aliphatic rings. The van der Waals surface area contributed by atoms with Crippen molar-refractivity contribution in [3.63, 3.8) is 0 Å². The predicted octanol–water partition coefficient (Wildman–Crippen LogP) is 5.62. The van der Waals surface area contributed by atoms with E-state index in [4.69, 9.17) is 22.3 Å². The zero-order chi connectivity index (χ0) is 20.7. The van der Waals surface area contributed by atoms with Gasteiger partial charge in [-0.05, 0) is 36.5 Å². The third-order valence-electron chi connectivity index (χ3n) is 5.55. The number of nitrogens with two attached hydrogens (primary N) is 1. The van der Waals surface area contributed by atoms with Crippen molar-refractivity contribution in [1.29, 1.82) is 0 Å². The van der Waals surface area contributed by atoms with Gasteiger partial charge in [0.15, 0.2) is 0 Å². The molecule has 0 saturated carbocycles. The van der Waals surface area contributed by atoms with Gasteiger partial charge in [-0.15, -0.1) is 11.3 Å². The second kappa shape index (κ2) is 7.74. The van der Waals surface area contributed by atoms with E-state index in [1.165, 1.54) is 16.9 Å². The molecule has 1 amide bonds. The molecule has 0 radical (unpaired) electrons. The lowest BCUT2D eigenvalue weighted by Gasteiger charge is -2.13. The first-order valence-electron chi connectivity index (χ1n) is 9.94. The summed E-state index contributed by atoms with van der Waals surface area (Å²) in [4.78, 5) is 19.1. The van der Waals surface area contributed by atoms with Crippen molar-refractivity contribution in [2.75, 3.05) is 5.73 Å². The number of nitrogen functional groups attached to an aromatic ring is 1. The van der Waals surface area contributed by atoms with Gasteiger partial charge in [0.25, 0.3) is 5.91 Å². The van der Waals surface area contributed by atoms with Crippen molar-refractivity contribution < 1.29 is 4.79 Å². The summed E-state index contributed by atoms with van der Waals surface area (Å²) < 4.78 is 0. The van der Waals surface area contributed by atoms with E-state index in [0.29, 0.717) is 22.1 Å². The molecule has 4 nitrogen and oxygen atoms in total. The maximum atomic E-state index is 12.9. The number of hydrogen-bond acceptors (Lipinski definition) is 4. The molecule has 4 aromatic rings. The van der Waals surface area contributed by atoms with E-state index in [0.717, 1.165) is 51.9 Å². The smallest absolute Gasteiger partial charge is 0.263 e. The average molecular weight is 434 g/mol. The first-order valence-corrected chi connectivity index (χ1v) is 11.1. The zero-order valence-electron chi connectivity index (χ0n) is 16.2. The van der Waals surface area contributed by atoms with Gasteiger partial charge in [-0.2, -0.15) is 0 Å². The molecule has 1 aliphatic carbocycles. The number of carbonyl (C=O) groups excluding carboxylic acids is 1. The zero-order valence-corrected chi connectivity index (χ0v) is 17.8. The van der Waals surface area contributed by atoms with Crippen LogP contribution < -0.4 is 11.1 Å². The summed E-state index contributed by atoms with van der Waals surface area (Å²) in [6.07, 6.45) is 2.96. The molecule has 0 bridgehead atoms. The second-order valence-electron chi connectivity index (χ2n) is 7.44. The third-order valence-corrected chi connectivity index (χ3v) is 6.98. The van der Waals surface area contributed by atoms with E-state index < -0.39 is 0 Å². The number of anilines is 1. The maximum Gasteiger partial charge on any atom is 0.263 e. The fraction of sp³-hybridized carbons (Fsp3) is 0.167. The highest BCUT2D eigenvalue weighted by molar-refractivity contribution is 7.21. The van der Waals surface area contributed by atoms with E-state index in [-0.39, 0.29) is 5.91 Å². The van der Waals surface area contributed by atoms with Gasteiger partial charge in [0.2, 0.25) is 0 Å². The number of amides is 1. The normalized spacial score (nSPS) is 12.8. The first-order chi connectivity index (χ1) is 14.6. The number of hydrogen-bond donors (Lipinski definition) is 2. The standard InChI is InChI=1S/C24H20ClN3OS/c25-17-11-5-4-9-15(17)19-16-10-6-12-18(16)28-24-20(19)21(26)22(30-24)23(29)27-13-14-7-2-1-3-8-14/h1-5,7-9,11H,6,10,12-13,26H2,(H,27,29). The SMILES string of the molecule is Nc1c(C(=O)NCc2ccccc2)sc2nc3c(c(-c4ccccc4Cl)c12)CCC3. The number of halogens is 1. The summed E-state index contributed by atoms with van der Waals surface area (Å²) in [5.74, 6) is -0.176. The van der Waals surface area contributed by atoms with Crippen LogP contribution in [0.4, 0.5) is 5.69 Å². The molecule has 0 unspecified atom stereocenters. The van der Waals surface area contributed by atoms with Crippen molar-refractivity contribution in [2.24, 2.45) is 0 Å². The molecule has 0 fully saturated rings. The quantitative estimate of drug-likeness (QED) is 0.439. The Labute approximate surface area is 183 Å². The number of aromatic nitrogens is 1. The van der Waals surface area contributed by atoms with Crippen LogP contribution in [-0.2, 0) is 19.4 Å². The molecule has 0 saturated heterocycles. The van der Waals surface area contributed by atoms with Crippen LogP contribution in [0, 0.1) is 0 Å². The van der Waals surface area contributed by atoms with E-state index >= 15 is 0 Å². The van der Waals surface area contributed by atoms with Crippen LogP contribution in [0.1, 0.15) is 32.9 Å². The second-order valence-corrected chi connectivity index (χ2v) is 8.85. The highest BCUT2D eigenvalue weighted by Crippen LogP contribution is 2.45. The summed E-state index contributed by atoms with van der Waals surface area (Å²) in [7, 11) is 0. The van der Waals surface area contributed by atoms with Crippen LogP contribution in [0.2, 0.25) is 5.02 Å². The molecule has 0 spiro atoms. The van der Waals surface area contributed by atoms with Crippen LogP contribution in [0.25, 0.3) is 21.3 Å². The minimum absolute atomic E-state index is 0.176. The lowest BCUT2D eigenvalue weighted by atomic mass is 9.96. The topological polar surface area (TPSA) is 68.0 Å². The Morgan fingerprint density at radius 1 is 1.10 bits per heavy atom. The van der Waals surface area contributed by atoms with Gasteiger partial charge >= 0.3 is 0 Å². The highest BCUT2D eigenvalue weighted by atomic mass is 35.5. The van der Waals surface area contributed by atoms with Gasteiger partial charge in [0.05, 0.1) is 5.69 Å². The van der Waals surface area contributed by atoms with Crippen molar-refractivity contribution >= 4 is 44.7 Å². The fourth-order valence-corrected chi connectivity index (χ4v) is 5.40. The molecule has 2 heterocycles. The maximum absolute atomic E-state index is 12.9. The largest absolute Gasteiger partial charge is 0.397 e. The van der Waals surface area contributed by atoms with Crippen LogP contribution in [-0.4, -0.2) is 10.9 Å². The lowest BCUT2D eigenvalue weighted by Crippen LogP contribution is -2.22. The van der Waals surface area contributed by atoms with E-state index in [1.54, 1.807) is 0 Å². The van der Waals surface area contributed by atoms with Gasteiger partial charge in [-0.3, -0.25) is 4.79 Å². The van der Waals surface area contributed by atoms with Gasteiger partial charge in [-0.1, -0.05) is 60.1 Å². The summed E-state index contributed by atoms with van der Waals surface area (Å²) in [5.41, 5.74) is 12.4. The molecule has 5 rings (SSSR count). The number of thiophene rings is 1. The molecular formula is C24H20ClN3OS. The number of pyridine rings is 1. The Bertz CT molecular complexity index is 1270. The van der Waals surface area contributed by atoms with Crippen molar-refractivity contribution in [3.8, 4) is 11.1 Å². The monoisotopic (exact) mass is 433 g/mol. The minimum atomic E-state index is -0.176. The van der Waals surface area contributed by atoms with Crippen LogP contribution >= 0.6 is 22.9 Å². The number of aryl methyl sites for hydroxylation is 1. The Balaban J connectivity index is 1.61. The van der Waals surface area contributed by atoms with E-state index in [9.17, 15) is 4.79 Å². The Hall–Kier alpha value is -2.89. The summed E-state index contributed by atoms with van der Waals surface area (Å²) >= 11 is 7.92. The molecule has 0 aliphatic heterocycles. The number of rotatable bonds is 4. The summed E-state index contributed by atoms with van der Waals surface area (Å²) in [6.45, 7) is 0.453. The molecular weight excluding hydrogens is 414 g/mol. The average Bonchev–Trinajstić information content (AvgIpc) is 3.36. The van der Waals surface area contributed by atoms with Gasteiger partial charge in [-0.25, -0.2) is 4.98 Å². The number of benzene rings is 2. The minimum Gasteiger partial charge on any atom is -0.397 e. The molecule has 3 N–H and O–H groups in total. The number of nitrogens with zero attached hydrogens (tertiary/aromatic N) is 1. The molecule has 150 valence electrons. The lowest BCUT2D eigenvalue weighted by molar-refractivity contribution is 0.0956. The fourth-order valence-electron chi connectivity index (χ4n) is 4.13.